The summed E-state index contributed by atoms with van der Waals surface area (Å²) in [6, 6.07) is 11.9. The van der Waals surface area contributed by atoms with E-state index < -0.39 is 13.0 Å². The lowest BCUT2D eigenvalue weighted by atomic mass is 9.74. The smallest absolute Gasteiger partial charge is 0.272 e. The lowest BCUT2D eigenvalue weighted by molar-refractivity contribution is 0.0802. The molecule has 2 aromatic carbocycles. The van der Waals surface area contributed by atoms with Gasteiger partial charge in [-0.05, 0) is 55.3 Å². The van der Waals surface area contributed by atoms with E-state index in [9.17, 15) is 13.9 Å². The van der Waals surface area contributed by atoms with E-state index in [1.807, 2.05) is 24.5 Å². The predicted molar refractivity (Wildman–Crippen MR) is 115 cm³/mol. The van der Waals surface area contributed by atoms with Crippen molar-refractivity contribution in [2.24, 2.45) is 4.99 Å². The molecule has 1 heterocycles. The molecule has 160 valence electrons. The quantitative estimate of drug-likeness (QED) is 0.658. The van der Waals surface area contributed by atoms with Crippen LogP contribution in [0.5, 0.6) is 11.5 Å². The summed E-state index contributed by atoms with van der Waals surface area (Å²) in [7, 11) is 1.50. The second-order valence-corrected chi connectivity index (χ2v) is 8.52. The van der Waals surface area contributed by atoms with Crippen LogP contribution < -0.4 is 9.47 Å². The van der Waals surface area contributed by atoms with Crippen LogP contribution in [-0.2, 0) is 0 Å². The fraction of sp³-hybridized carbons (Fsp3) is 0.435. The van der Waals surface area contributed by atoms with E-state index in [4.69, 9.17) is 14.5 Å². The van der Waals surface area contributed by atoms with Crippen LogP contribution in [0.2, 0.25) is 0 Å². The van der Waals surface area contributed by atoms with Crippen LogP contribution >= 0.6 is 11.8 Å². The summed E-state index contributed by atoms with van der Waals surface area (Å²) >= 11 is 1.67. The van der Waals surface area contributed by atoms with Gasteiger partial charge in [0.1, 0.15) is 6.61 Å². The summed E-state index contributed by atoms with van der Waals surface area (Å²) in [6.45, 7) is -0.692. The maximum absolute atomic E-state index is 12.7. The Bertz CT molecular complexity index is 950. The SMILES string of the molecule is COc1cc2c(cc1OCC(F)F)C1CC(O)CCC1N=C2c1cccc(SC)c1. The monoisotopic (exact) mass is 433 g/mol. The number of hydrogen-bond acceptors (Lipinski definition) is 5. The van der Waals surface area contributed by atoms with Crippen molar-refractivity contribution >= 4 is 17.5 Å². The molecular weight excluding hydrogens is 408 g/mol. The number of alkyl halides is 2. The summed E-state index contributed by atoms with van der Waals surface area (Å²) in [6.07, 6.45) is 1.17. The Morgan fingerprint density at radius 2 is 2.03 bits per heavy atom. The first kappa shape index (κ1) is 21.1. The van der Waals surface area contributed by atoms with Crippen LogP contribution in [0, 0.1) is 0 Å². The number of halogens is 2. The molecule has 0 aromatic heterocycles. The minimum Gasteiger partial charge on any atom is -0.493 e. The van der Waals surface area contributed by atoms with Crippen molar-refractivity contribution in [1.29, 1.82) is 0 Å². The number of hydrogen-bond donors (Lipinski definition) is 1. The molecule has 0 amide bonds. The number of fused-ring (bicyclic) bond motifs is 3. The van der Waals surface area contributed by atoms with Gasteiger partial charge in [-0.1, -0.05) is 12.1 Å². The van der Waals surface area contributed by atoms with Gasteiger partial charge in [-0.25, -0.2) is 8.78 Å². The van der Waals surface area contributed by atoms with Crippen LogP contribution in [0.1, 0.15) is 41.9 Å². The van der Waals surface area contributed by atoms with Crippen LogP contribution in [0.4, 0.5) is 8.78 Å². The van der Waals surface area contributed by atoms with Crippen molar-refractivity contribution in [3.8, 4) is 11.5 Å². The molecule has 4 rings (SSSR count). The first-order valence-corrected chi connectivity index (χ1v) is 11.3. The van der Waals surface area contributed by atoms with Crippen LogP contribution in [0.3, 0.4) is 0 Å². The number of nitrogens with zero attached hydrogens (tertiary/aromatic N) is 1. The summed E-state index contributed by atoms with van der Waals surface area (Å²) < 4.78 is 36.3. The van der Waals surface area contributed by atoms with Gasteiger partial charge in [0.15, 0.2) is 11.5 Å². The van der Waals surface area contributed by atoms with Gasteiger partial charge in [0, 0.05) is 21.9 Å². The molecule has 0 saturated heterocycles. The minimum absolute atomic E-state index is 0.0241. The molecule has 0 radical (unpaired) electrons. The van der Waals surface area contributed by atoms with E-state index in [-0.39, 0.29) is 18.1 Å². The molecule has 1 saturated carbocycles. The fourth-order valence-electron chi connectivity index (χ4n) is 4.37. The maximum atomic E-state index is 12.7. The van der Waals surface area contributed by atoms with E-state index >= 15 is 0 Å². The zero-order chi connectivity index (χ0) is 21.3. The molecule has 0 spiro atoms. The third-order valence-electron chi connectivity index (χ3n) is 5.78. The van der Waals surface area contributed by atoms with Crippen LogP contribution in [0.15, 0.2) is 46.3 Å². The van der Waals surface area contributed by atoms with Crippen molar-refractivity contribution < 1.29 is 23.4 Å². The summed E-state index contributed by atoms with van der Waals surface area (Å²) in [5.74, 6) is 0.725. The maximum Gasteiger partial charge on any atom is 0.272 e. The van der Waals surface area contributed by atoms with Gasteiger partial charge >= 0.3 is 0 Å². The molecule has 3 unspecified atom stereocenters. The molecule has 0 bridgehead atoms. The molecule has 2 aromatic rings. The van der Waals surface area contributed by atoms with Crippen molar-refractivity contribution in [2.45, 2.75) is 48.6 Å². The van der Waals surface area contributed by atoms with Crippen LogP contribution in [-0.4, -0.2) is 49.4 Å². The van der Waals surface area contributed by atoms with Crippen molar-refractivity contribution in [3.05, 3.63) is 53.1 Å². The molecule has 3 atom stereocenters. The molecular formula is C23H25F2NO3S. The van der Waals surface area contributed by atoms with E-state index in [1.165, 1.54) is 7.11 Å². The van der Waals surface area contributed by atoms with Crippen LogP contribution in [0.25, 0.3) is 0 Å². The normalized spacial score (nSPS) is 22.9. The Balaban J connectivity index is 1.84. The summed E-state index contributed by atoms with van der Waals surface area (Å²) in [5.41, 5.74) is 3.77. The number of benzene rings is 2. The van der Waals surface area contributed by atoms with E-state index in [2.05, 4.69) is 12.1 Å². The van der Waals surface area contributed by atoms with Gasteiger partial charge in [0.05, 0.1) is 25.0 Å². The molecule has 7 heteroatoms. The van der Waals surface area contributed by atoms with E-state index in [1.54, 1.807) is 17.8 Å². The molecule has 1 aliphatic carbocycles. The largest absolute Gasteiger partial charge is 0.493 e. The Labute approximate surface area is 179 Å². The molecule has 2 aliphatic rings. The lowest BCUT2D eigenvalue weighted by Crippen LogP contribution is -2.34. The average molecular weight is 434 g/mol. The third-order valence-corrected chi connectivity index (χ3v) is 6.50. The van der Waals surface area contributed by atoms with Crippen molar-refractivity contribution in [1.82, 2.24) is 0 Å². The molecule has 1 aliphatic heterocycles. The number of methoxy groups -OCH3 is 1. The van der Waals surface area contributed by atoms with Gasteiger partial charge in [-0.15, -0.1) is 11.8 Å². The van der Waals surface area contributed by atoms with Gasteiger partial charge in [0.25, 0.3) is 6.43 Å². The standard InChI is InChI=1S/C23H25F2NO3S/c1-28-20-11-18-16(10-21(20)29-12-22(24)25)17-9-14(27)6-7-19(17)26-23(18)13-4-3-5-15(8-13)30-2/h3-5,8,10-11,14,17,19,22,27H,6-7,9,12H2,1-2H3. The Morgan fingerprint density at radius 3 is 2.77 bits per heavy atom. The highest BCUT2D eigenvalue weighted by atomic mass is 32.2. The van der Waals surface area contributed by atoms with E-state index in [0.717, 1.165) is 33.7 Å². The number of thioether (sulfide) groups is 1. The Morgan fingerprint density at radius 1 is 1.20 bits per heavy atom. The van der Waals surface area contributed by atoms with Crippen molar-refractivity contribution in [2.75, 3.05) is 20.0 Å². The molecule has 30 heavy (non-hydrogen) atoms. The van der Waals surface area contributed by atoms with Gasteiger partial charge in [-0.2, -0.15) is 0 Å². The topological polar surface area (TPSA) is 51.0 Å². The summed E-state index contributed by atoms with van der Waals surface area (Å²) in [5, 5.41) is 10.3. The zero-order valence-electron chi connectivity index (χ0n) is 17.0. The first-order valence-electron chi connectivity index (χ1n) is 10.0. The fourth-order valence-corrected chi connectivity index (χ4v) is 4.83. The highest BCUT2D eigenvalue weighted by molar-refractivity contribution is 7.98. The average Bonchev–Trinajstić information content (AvgIpc) is 2.76. The number of aliphatic imine (C=N–C) groups is 1. The lowest BCUT2D eigenvalue weighted by Gasteiger charge is -2.37. The van der Waals surface area contributed by atoms with Gasteiger partial charge in [-0.3, -0.25) is 4.99 Å². The number of aliphatic hydroxyl groups excluding tert-OH is 1. The number of rotatable bonds is 6. The molecule has 1 fully saturated rings. The number of aliphatic hydroxyl groups is 1. The highest BCUT2D eigenvalue weighted by Gasteiger charge is 2.37. The van der Waals surface area contributed by atoms with Gasteiger partial charge < -0.3 is 14.6 Å². The van der Waals surface area contributed by atoms with Crippen molar-refractivity contribution in [3.63, 3.8) is 0 Å². The Hall–Kier alpha value is -2.12. The highest BCUT2D eigenvalue weighted by Crippen LogP contribution is 2.45. The summed E-state index contributed by atoms with van der Waals surface area (Å²) in [4.78, 5) is 6.22. The van der Waals surface area contributed by atoms with E-state index in [0.29, 0.717) is 24.3 Å². The second-order valence-electron chi connectivity index (χ2n) is 7.64. The zero-order valence-corrected chi connectivity index (χ0v) is 17.8. The predicted octanol–water partition coefficient (Wildman–Crippen LogP) is 4.91. The first-order chi connectivity index (χ1) is 14.5. The third kappa shape index (κ3) is 4.18. The Kier molecular flexibility index (Phi) is 6.29. The minimum atomic E-state index is -2.57. The molecule has 4 nitrogen and oxygen atoms in total. The number of ether oxygens (including phenoxy) is 2. The van der Waals surface area contributed by atoms with Gasteiger partial charge in [0.2, 0.25) is 0 Å². The molecule has 1 N–H and O–H groups in total. The second kappa shape index (κ2) is 8.94.